The molecule has 3 atom stereocenters. The summed E-state index contributed by atoms with van der Waals surface area (Å²) in [4.78, 5) is 5.75. The maximum Gasteiger partial charge on any atom is 0.110 e. The number of H-pyrrole nitrogens is 1. The Morgan fingerprint density at radius 3 is 3.10 bits per heavy atom. The van der Waals surface area contributed by atoms with Crippen LogP contribution in [0, 0.1) is 5.92 Å². The number of fused-ring (bicyclic) bond motifs is 2. The van der Waals surface area contributed by atoms with Crippen LogP contribution >= 0.6 is 0 Å². The van der Waals surface area contributed by atoms with Gasteiger partial charge in [0.15, 0.2) is 0 Å². The average Bonchev–Trinajstić information content (AvgIpc) is 2.93. The monoisotopic (exact) mass is 286 g/mol. The molecule has 1 fully saturated rings. The van der Waals surface area contributed by atoms with E-state index in [1.807, 2.05) is 7.11 Å². The summed E-state index contributed by atoms with van der Waals surface area (Å²) in [6.07, 6.45) is 4.03. The molecule has 0 bridgehead atoms. The Kier molecular flexibility index (Phi) is 2.89. The van der Waals surface area contributed by atoms with Gasteiger partial charge in [0.05, 0.1) is 0 Å². The van der Waals surface area contributed by atoms with Gasteiger partial charge in [0.2, 0.25) is 0 Å². The molecule has 4 rings (SSSR count). The molecule has 1 aromatic carbocycles. The van der Waals surface area contributed by atoms with Crippen molar-refractivity contribution in [3.63, 3.8) is 0 Å². The Bertz CT molecular complexity index is 680. The Hall–Kier alpha value is -1.36. The van der Waals surface area contributed by atoms with Gasteiger partial charge in [0.1, 0.15) is 5.60 Å². The van der Waals surface area contributed by atoms with Crippen molar-refractivity contribution in [2.75, 3.05) is 27.3 Å². The van der Waals surface area contributed by atoms with Crippen molar-refractivity contribution in [3.05, 3.63) is 35.5 Å². The number of aliphatic hydroxyl groups is 1. The number of benzene rings is 1. The van der Waals surface area contributed by atoms with Crippen molar-refractivity contribution < 1.29 is 9.84 Å². The molecule has 2 aromatic rings. The summed E-state index contributed by atoms with van der Waals surface area (Å²) in [6, 6.07) is 6.76. The van der Waals surface area contributed by atoms with Crippen molar-refractivity contribution >= 4 is 10.9 Å². The Morgan fingerprint density at radius 1 is 1.48 bits per heavy atom. The van der Waals surface area contributed by atoms with Gasteiger partial charge in [-0.1, -0.05) is 12.1 Å². The van der Waals surface area contributed by atoms with E-state index in [1.54, 1.807) is 0 Å². The van der Waals surface area contributed by atoms with E-state index in [2.05, 4.69) is 41.3 Å². The Labute approximate surface area is 124 Å². The van der Waals surface area contributed by atoms with E-state index in [0.717, 1.165) is 19.4 Å². The first-order chi connectivity index (χ1) is 10.2. The van der Waals surface area contributed by atoms with E-state index in [4.69, 9.17) is 4.74 Å². The predicted molar refractivity (Wildman–Crippen MR) is 82.3 cm³/mol. The van der Waals surface area contributed by atoms with Crippen molar-refractivity contribution in [2.24, 2.45) is 5.92 Å². The first-order valence-corrected chi connectivity index (χ1v) is 7.65. The van der Waals surface area contributed by atoms with E-state index < -0.39 is 0 Å². The molecule has 112 valence electrons. The van der Waals surface area contributed by atoms with Crippen LogP contribution < -0.4 is 0 Å². The van der Waals surface area contributed by atoms with Gasteiger partial charge in [-0.25, -0.2) is 0 Å². The zero-order chi connectivity index (χ0) is 14.6. The Morgan fingerprint density at radius 2 is 2.33 bits per heavy atom. The summed E-state index contributed by atoms with van der Waals surface area (Å²) < 4.78 is 6.14. The fourth-order valence-electron chi connectivity index (χ4n) is 4.56. The highest BCUT2D eigenvalue weighted by atomic mass is 16.5. The maximum absolute atomic E-state index is 9.67. The van der Waals surface area contributed by atoms with Crippen LogP contribution in [0.15, 0.2) is 24.4 Å². The summed E-state index contributed by atoms with van der Waals surface area (Å²) in [5.41, 5.74) is 3.54. The molecular weight excluding hydrogens is 264 g/mol. The molecule has 4 nitrogen and oxygen atoms in total. The third-order valence-corrected chi connectivity index (χ3v) is 5.49. The molecule has 1 aliphatic carbocycles. The summed E-state index contributed by atoms with van der Waals surface area (Å²) >= 11 is 0. The predicted octanol–water partition coefficient (Wildman–Crippen LogP) is 1.88. The highest BCUT2D eigenvalue weighted by molar-refractivity contribution is 5.88. The summed E-state index contributed by atoms with van der Waals surface area (Å²) in [5, 5.41) is 11.0. The second-order valence-electron chi connectivity index (χ2n) is 6.55. The van der Waals surface area contributed by atoms with Crippen molar-refractivity contribution in [3.8, 4) is 0 Å². The number of rotatable bonds is 2. The van der Waals surface area contributed by atoms with Gasteiger partial charge in [-0.2, -0.15) is 0 Å². The minimum atomic E-state index is -0.310. The van der Waals surface area contributed by atoms with Crippen molar-refractivity contribution in [1.82, 2.24) is 9.88 Å². The molecule has 1 aliphatic heterocycles. The van der Waals surface area contributed by atoms with E-state index in [0.29, 0.717) is 6.04 Å². The van der Waals surface area contributed by atoms with Gasteiger partial charge in [0.25, 0.3) is 0 Å². The second-order valence-corrected chi connectivity index (χ2v) is 6.55. The molecule has 21 heavy (non-hydrogen) atoms. The van der Waals surface area contributed by atoms with Gasteiger partial charge in [-0.05, 0) is 43.0 Å². The molecule has 0 radical (unpaired) electrons. The highest BCUT2D eigenvalue weighted by Crippen LogP contribution is 2.49. The number of likely N-dealkylation sites (tertiary alicyclic amines) is 1. The molecule has 2 heterocycles. The first-order valence-electron chi connectivity index (χ1n) is 7.65. The van der Waals surface area contributed by atoms with Gasteiger partial charge in [-0.15, -0.1) is 0 Å². The molecule has 1 unspecified atom stereocenters. The number of likely N-dealkylation sites (N-methyl/N-ethyl adjacent to an activating group) is 1. The quantitative estimate of drug-likeness (QED) is 0.886. The maximum atomic E-state index is 9.67. The number of nitrogens with one attached hydrogen (secondary N) is 1. The molecule has 0 saturated carbocycles. The molecule has 0 spiro atoms. The van der Waals surface area contributed by atoms with Crippen LogP contribution in [0.25, 0.3) is 10.9 Å². The Balaban J connectivity index is 1.96. The smallest absolute Gasteiger partial charge is 0.110 e. The molecule has 0 amide bonds. The lowest BCUT2D eigenvalue weighted by Gasteiger charge is -2.52. The molecule has 1 aromatic heterocycles. The van der Waals surface area contributed by atoms with Crippen molar-refractivity contribution in [2.45, 2.75) is 24.5 Å². The molecule has 2 aliphatic rings. The number of methoxy groups -OCH3 is 1. The zero-order valence-electron chi connectivity index (χ0n) is 12.6. The normalized spacial score (nSPS) is 32.3. The lowest BCUT2D eigenvalue weighted by atomic mass is 9.69. The van der Waals surface area contributed by atoms with E-state index >= 15 is 0 Å². The number of piperidine rings is 1. The second kappa shape index (κ2) is 4.57. The SMILES string of the molecule is COC12C[C@@H](CO)CN(C)[C@@H]1Cc1c[nH]c3cccc2c13. The fourth-order valence-corrected chi connectivity index (χ4v) is 4.56. The molecular formula is C17H22N2O2. The fraction of sp³-hybridized carbons (Fsp3) is 0.529. The van der Waals surface area contributed by atoms with Crippen LogP contribution in [0.5, 0.6) is 0 Å². The first kappa shape index (κ1) is 13.3. The van der Waals surface area contributed by atoms with Crippen LogP contribution in [0.4, 0.5) is 0 Å². The minimum absolute atomic E-state index is 0.220. The summed E-state index contributed by atoms with van der Waals surface area (Å²) in [6.45, 7) is 1.15. The zero-order valence-corrected chi connectivity index (χ0v) is 12.6. The largest absolute Gasteiger partial charge is 0.396 e. The summed E-state index contributed by atoms with van der Waals surface area (Å²) in [5.74, 6) is 0.266. The van der Waals surface area contributed by atoms with Crippen LogP contribution in [-0.2, 0) is 16.8 Å². The number of hydrogen-bond donors (Lipinski definition) is 2. The number of aliphatic hydroxyl groups excluding tert-OH is 1. The van der Waals surface area contributed by atoms with Crippen LogP contribution in [0.3, 0.4) is 0 Å². The minimum Gasteiger partial charge on any atom is -0.396 e. The summed E-state index contributed by atoms with van der Waals surface area (Å²) in [7, 11) is 3.97. The van der Waals surface area contributed by atoms with E-state index in [9.17, 15) is 5.11 Å². The van der Waals surface area contributed by atoms with E-state index in [1.165, 1.54) is 22.0 Å². The number of aromatic amines is 1. The van der Waals surface area contributed by atoms with Crippen LogP contribution in [0.1, 0.15) is 17.5 Å². The van der Waals surface area contributed by atoms with Gasteiger partial charge < -0.3 is 14.8 Å². The molecule has 1 saturated heterocycles. The standard InChI is InChI=1S/C17H22N2O2/c1-19-9-11(10-20)7-17(21-2)13-4-3-5-14-16(13)12(8-18-14)6-15(17)19/h3-5,8,11,15,18,20H,6-7,9-10H2,1-2H3/t11-,15-,17?/m1/s1. The third-order valence-electron chi connectivity index (χ3n) is 5.49. The third kappa shape index (κ3) is 1.67. The number of aromatic nitrogens is 1. The van der Waals surface area contributed by atoms with Crippen molar-refractivity contribution in [1.29, 1.82) is 0 Å². The van der Waals surface area contributed by atoms with E-state index in [-0.39, 0.29) is 18.1 Å². The van der Waals surface area contributed by atoms with Gasteiger partial charge in [0, 0.05) is 43.4 Å². The van der Waals surface area contributed by atoms with Crippen LogP contribution in [-0.4, -0.2) is 48.3 Å². The molecule has 2 N–H and O–H groups in total. The highest BCUT2D eigenvalue weighted by Gasteiger charge is 2.51. The lowest BCUT2D eigenvalue weighted by Crippen LogP contribution is -2.59. The topological polar surface area (TPSA) is 48.5 Å². The number of hydrogen-bond acceptors (Lipinski definition) is 3. The molecule has 4 heteroatoms. The lowest BCUT2D eigenvalue weighted by molar-refractivity contribution is -0.130. The van der Waals surface area contributed by atoms with Gasteiger partial charge in [-0.3, -0.25) is 4.90 Å². The number of ether oxygens (including phenoxy) is 1. The number of nitrogens with zero attached hydrogens (tertiary/aromatic N) is 1. The van der Waals surface area contributed by atoms with Gasteiger partial charge >= 0.3 is 0 Å². The average molecular weight is 286 g/mol. The van der Waals surface area contributed by atoms with Crippen LogP contribution in [0.2, 0.25) is 0 Å².